The summed E-state index contributed by atoms with van der Waals surface area (Å²) in [5.74, 6) is 3.23. The van der Waals surface area contributed by atoms with Crippen LogP contribution in [0.25, 0.3) is 0 Å². The van der Waals surface area contributed by atoms with E-state index in [1.165, 1.54) is 0 Å². The summed E-state index contributed by atoms with van der Waals surface area (Å²) in [6.45, 7) is 0.778. The fourth-order valence-corrected chi connectivity index (χ4v) is 3.51. The predicted molar refractivity (Wildman–Crippen MR) is 112 cm³/mol. The summed E-state index contributed by atoms with van der Waals surface area (Å²) in [5.41, 5.74) is 3.06. The molecule has 0 aliphatic carbocycles. The summed E-state index contributed by atoms with van der Waals surface area (Å²) in [6.07, 6.45) is 7.93. The van der Waals surface area contributed by atoms with Gasteiger partial charge >= 0.3 is 0 Å². The van der Waals surface area contributed by atoms with E-state index in [9.17, 15) is 0 Å². The largest absolute Gasteiger partial charge is 0.495 e. The number of aromatic nitrogens is 4. The van der Waals surface area contributed by atoms with E-state index in [-0.39, 0.29) is 0 Å². The Hall–Kier alpha value is -2.45. The van der Waals surface area contributed by atoms with E-state index in [1.54, 1.807) is 31.3 Å². The minimum atomic E-state index is 0.686. The number of methoxy groups -OCH3 is 1. The zero-order valence-corrected chi connectivity index (χ0v) is 16.6. The fraction of sp³-hybridized carbons (Fsp3) is 0.263. The monoisotopic (exact) mass is 399 g/mol. The topological polar surface area (TPSA) is 75.7 Å². The van der Waals surface area contributed by atoms with E-state index in [4.69, 9.17) is 17.0 Å². The van der Waals surface area contributed by atoms with Gasteiger partial charge in [0.15, 0.2) is 0 Å². The van der Waals surface area contributed by atoms with Crippen molar-refractivity contribution in [2.45, 2.75) is 12.2 Å². The van der Waals surface area contributed by atoms with Crippen molar-refractivity contribution in [3.05, 3.63) is 70.5 Å². The van der Waals surface area contributed by atoms with Gasteiger partial charge in [0.25, 0.3) is 0 Å². The first-order chi connectivity index (χ1) is 13.3. The Kier molecular flexibility index (Phi) is 7.18. The molecular weight excluding hydrogens is 378 g/mol. The Labute approximate surface area is 167 Å². The van der Waals surface area contributed by atoms with E-state index in [0.717, 1.165) is 47.0 Å². The van der Waals surface area contributed by atoms with Crippen LogP contribution in [0.2, 0.25) is 0 Å². The molecule has 0 radical (unpaired) electrons. The van der Waals surface area contributed by atoms with E-state index < -0.39 is 0 Å². The van der Waals surface area contributed by atoms with Crippen LogP contribution >= 0.6 is 24.0 Å². The third-order valence-corrected chi connectivity index (χ3v) is 5.17. The molecule has 0 aliphatic rings. The molecule has 0 aromatic carbocycles. The van der Waals surface area contributed by atoms with Gasteiger partial charge in [0.1, 0.15) is 10.4 Å². The third-order valence-electron chi connectivity index (χ3n) is 3.84. The zero-order valence-electron chi connectivity index (χ0n) is 15.0. The van der Waals surface area contributed by atoms with Gasteiger partial charge in [0, 0.05) is 54.8 Å². The quantitative estimate of drug-likeness (QED) is 0.418. The second-order valence-corrected chi connectivity index (χ2v) is 7.27. The Morgan fingerprint density at radius 2 is 2.07 bits per heavy atom. The number of H-pyrrole nitrogens is 1. The van der Waals surface area contributed by atoms with Crippen LogP contribution in [-0.2, 0) is 12.2 Å². The Morgan fingerprint density at radius 1 is 1.19 bits per heavy atom. The summed E-state index contributed by atoms with van der Waals surface area (Å²) < 4.78 is 6.01. The molecule has 0 saturated carbocycles. The second kappa shape index (κ2) is 10.0. The first-order valence-electron chi connectivity index (χ1n) is 8.53. The molecule has 0 spiro atoms. The van der Waals surface area contributed by atoms with Crippen molar-refractivity contribution >= 4 is 29.9 Å². The molecule has 3 aromatic heterocycles. The number of thioether (sulfide) groups is 1. The molecule has 6 nitrogen and oxygen atoms in total. The lowest BCUT2D eigenvalue weighted by molar-refractivity contribution is 0.409. The van der Waals surface area contributed by atoms with Crippen LogP contribution in [0.1, 0.15) is 16.8 Å². The first-order valence-corrected chi connectivity index (χ1v) is 10.1. The number of hydrogen-bond acceptors (Lipinski definition) is 7. The van der Waals surface area contributed by atoms with Gasteiger partial charge in [-0.3, -0.25) is 9.97 Å². The highest BCUT2D eigenvalue weighted by Gasteiger charge is 2.04. The number of aromatic amines is 1. The van der Waals surface area contributed by atoms with Gasteiger partial charge in [0.2, 0.25) is 5.95 Å². The SMILES string of the molecule is COc1cccnc1CSCCNc1ncc(Cc2cccnc2)c(=S)[nH]1. The van der Waals surface area contributed by atoms with Gasteiger partial charge in [-0.25, -0.2) is 4.98 Å². The normalized spacial score (nSPS) is 10.6. The summed E-state index contributed by atoms with van der Waals surface area (Å²) in [5, 5.41) is 3.27. The van der Waals surface area contributed by atoms with Crippen LogP contribution in [0.5, 0.6) is 5.75 Å². The van der Waals surface area contributed by atoms with E-state index in [2.05, 4.69) is 25.3 Å². The van der Waals surface area contributed by atoms with Crippen molar-refractivity contribution in [2.24, 2.45) is 0 Å². The van der Waals surface area contributed by atoms with Crippen molar-refractivity contribution in [3.8, 4) is 5.75 Å². The number of anilines is 1. The average Bonchev–Trinajstić information content (AvgIpc) is 2.71. The Bertz CT molecular complexity index is 917. The lowest BCUT2D eigenvalue weighted by atomic mass is 10.1. The molecule has 0 aliphatic heterocycles. The molecule has 0 fully saturated rings. The molecular formula is C19H21N5OS2. The second-order valence-electron chi connectivity index (χ2n) is 5.76. The summed E-state index contributed by atoms with van der Waals surface area (Å²) in [6, 6.07) is 7.75. The van der Waals surface area contributed by atoms with Crippen LogP contribution < -0.4 is 10.1 Å². The van der Waals surface area contributed by atoms with Crippen molar-refractivity contribution in [1.29, 1.82) is 0 Å². The molecule has 140 valence electrons. The third kappa shape index (κ3) is 5.77. The standard InChI is InChI=1S/C19H21N5OS2/c1-25-17-5-3-7-21-16(17)13-27-9-8-22-19-23-12-15(18(26)24-19)10-14-4-2-6-20-11-14/h2-7,11-12H,8-10,13H2,1H3,(H2,22,23,24,26). The van der Waals surface area contributed by atoms with E-state index >= 15 is 0 Å². The molecule has 3 aromatic rings. The van der Waals surface area contributed by atoms with E-state index in [0.29, 0.717) is 10.6 Å². The lowest BCUT2D eigenvalue weighted by Crippen LogP contribution is -2.08. The van der Waals surface area contributed by atoms with Gasteiger partial charge in [-0.2, -0.15) is 11.8 Å². The highest BCUT2D eigenvalue weighted by Crippen LogP contribution is 2.20. The maximum Gasteiger partial charge on any atom is 0.201 e. The summed E-state index contributed by atoms with van der Waals surface area (Å²) in [4.78, 5) is 16.1. The maximum absolute atomic E-state index is 5.45. The number of hydrogen-bond donors (Lipinski definition) is 2. The van der Waals surface area contributed by atoms with Crippen LogP contribution in [0.15, 0.2) is 49.1 Å². The highest BCUT2D eigenvalue weighted by molar-refractivity contribution is 7.98. The number of ether oxygens (including phenoxy) is 1. The molecule has 0 amide bonds. The van der Waals surface area contributed by atoms with Gasteiger partial charge in [-0.15, -0.1) is 0 Å². The Morgan fingerprint density at radius 3 is 2.85 bits per heavy atom. The summed E-state index contributed by atoms with van der Waals surface area (Å²) >= 11 is 7.23. The van der Waals surface area contributed by atoms with Crippen molar-refractivity contribution in [3.63, 3.8) is 0 Å². The minimum absolute atomic E-state index is 0.686. The van der Waals surface area contributed by atoms with Crippen LogP contribution in [-0.4, -0.2) is 39.3 Å². The van der Waals surface area contributed by atoms with Crippen molar-refractivity contribution in [2.75, 3.05) is 24.7 Å². The smallest absolute Gasteiger partial charge is 0.201 e. The molecule has 0 atom stereocenters. The molecule has 0 saturated heterocycles. The van der Waals surface area contributed by atoms with Crippen LogP contribution in [0.4, 0.5) is 5.95 Å². The van der Waals surface area contributed by atoms with Gasteiger partial charge in [0.05, 0.1) is 12.8 Å². The zero-order chi connectivity index (χ0) is 18.9. The van der Waals surface area contributed by atoms with Gasteiger partial charge in [-0.05, 0) is 23.8 Å². The van der Waals surface area contributed by atoms with E-state index in [1.807, 2.05) is 36.7 Å². The molecule has 27 heavy (non-hydrogen) atoms. The molecule has 0 unspecified atom stereocenters. The number of nitrogens with zero attached hydrogens (tertiary/aromatic N) is 3. The number of rotatable bonds is 9. The van der Waals surface area contributed by atoms with Gasteiger partial charge < -0.3 is 15.0 Å². The van der Waals surface area contributed by atoms with Crippen molar-refractivity contribution in [1.82, 2.24) is 19.9 Å². The lowest BCUT2D eigenvalue weighted by Gasteiger charge is -2.08. The minimum Gasteiger partial charge on any atom is -0.495 e. The maximum atomic E-state index is 5.45. The molecule has 2 N–H and O–H groups in total. The molecule has 3 rings (SSSR count). The fourth-order valence-electron chi connectivity index (χ4n) is 2.49. The molecule has 8 heteroatoms. The average molecular weight is 400 g/mol. The summed E-state index contributed by atoms with van der Waals surface area (Å²) in [7, 11) is 1.67. The van der Waals surface area contributed by atoms with Crippen LogP contribution in [0.3, 0.4) is 0 Å². The number of pyridine rings is 2. The van der Waals surface area contributed by atoms with Crippen molar-refractivity contribution < 1.29 is 4.74 Å². The predicted octanol–water partition coefficient (Wildman–Crippen LogP) is 3.87. The Balaban J connectivity index is 1.46. The number of nitrogens with one attached hydrogen (secondary N) is 2. The first kappa shape index (κ1) is 19.3. The van der Waals surface area contributed by atoms with Crippen LogP contribution in [0, 0.1) is 4.64 Å². The molecule has 3 heterocycles. The molecule has 0 bridgehead atoms. The highest BCUT2D eigenvalue weighted by atomic mass is 32.2. The van der Waals surface area contributed by atoms with Gasteiger partial charge in [-0.1, -0.05) is 18.3 Å².